The van der Waals surface area contributed by atoms with E-state index in [0.29, 0.717) is 17.1 Å². The molecule has 0 unspecified atom stereocenters. The number of nitrogens with one attached hydrogen (secondary N) is 1. The molecule has 8 nitrogen and oxygen atoms in total. The van der Waals surface area contributed by atoms with Crippen molar-refractivity contribution in [2.24, 2.45) is 0 Å². The summed E-state index contributed by atoms with van der Waals surface area (Å²) in [6.07, 6.45) is 0. The van der Waals surface area contributed by atoms with Crippen molar-refractivity contribution in [3.8, 4) is 22.8 Å². The smallest absolute Gasteiger partial charge is 0.269 e. The van der Waals surface area contributed by atoms with E-state index in [1.807, 2.05) is 13.8 Å². The third-order valence-corrected chi connectivity index (χ3v) is 22.4. The molecular weight excluding hydrogens is 757 g/mol. The molecule has 0 saturated heterocycles. The van der Waals surface area contributed by atoms with Crippen LogP contribution in [0, 0.1) is 13.8 Å². The number of nitrogens with zero attached hydrogens (tertiary/aromatic N) is 1. The van der Waals surface area contributed by atoms with E-state index in [1.54, 1.807) is 72.8 Å². The van der Waals surface area contributed by atoms with Crippen LogP contribution in [0.2, 0.25) is 36.3 Å². The first kappa shape index (κ1) is 38.9. The Morgan fingerprint density at radius 1 is 0.673 bits per heavy atom. The maximum atomic E-state index is 14.6. The van der Waals surface area contributed by atoms with Crippen LogP contribution in [0.1, 0.15) is 52.7 Å². The van der Waals surface area contributed by atoms with Crippen LogP contribution >= 0.6 is 15.9 Å². The minimum absolute atomic E-state index is 0.0741. The van der Waals surface area contributed by atoms with E-state index in [0.717, 1.165) is 11.1 Å². The van der Waals surface area contributed by atoms with Crippen molar-refractivity contribution in [3.05, 3.63) is 88.5 Å². The molecule has 3 aromatic carbocycles. The summed E-state index contributed by atoms with van der Waals surface area (Å²) in [7, 11) is -13.1. The first-order chi connectivity index (χ1) is 22.3. The van der Waals surface area contributed by atoms with Crippen molar-refractivity contribution >= 4 is 58.3 Å². The fourth-order valence-electron chi connectivity index (χ4n) is 4.44. The fraction of sp³-hybridized carbons (Fsp3) is 0.389. The first-order valence-corrected chi connectivity index (χ1v) is 25.7. The largest absolute Gasteiger partial charge is 0.543 e. The van der Waals surface area contributed by atoms with E-state index in [2.05, 4.69) is 88.4 Å². The van der Waals surface area contributed by atoms with Gasteiger partial charge in [0.15, 0.2) is 0 Å². The van der Waals surface area contributed by atoms with E-state index in [-0.39, 0.29) is 35.9 Å². The number of hydrogen-bond donors (Lipinski definition) is 1. The summed E-state index contributed by atoms with van der Waals surface area (Å²) in [6.45, 7) is 24.9. The van der Waals surface area contributed by atoms with Crippen LogP contribution in [-0.4, -0.2) is 37.4 Å². The highest BCUT2D eigenvalue weighted by Crippen LogP contribution is 2.46. The lowest BCUT2D eigenvalue weighted by molar-refractivity contribution is 0.489. The number of hydrogen-bond acceptors (Lipinski definition) is 6. The normalized spacial score (nSPS) is 13.3. The molecule has 0 bridgehead atoms. The van der Waals surface area contributed by atoms with E-state index < -0.39 is 36.7 Å². The molecule has 266 valence electrons. The summed E-state index contributed by atoms with van der Waals surface area (Å²) in [4.78, 5) is 0.154. The van der Waals surface area contributed by atoms with E-state index in [9.17, 15) is 16.8 Å². The van der Waals surface area contributed by atoms with Gasteiger partial charge in [0.1, 0.15) is 16.1 Å². The zero-order valence-electron chi connectivity index (χ0n) is 30.5. The van der Waals surface area contributed by atoms with Gasteiger partial charge in [0.2, 0.25) is 8.32 Å². The SMILES string of the molecule is Cc1ccc(S(=O)(=O)Nc2ccc(O[Si](C)(C)C(C)(C)C)cc2-c2cc(O[Si](C)(C)C(C)(C)C)c(Br)n2S(=O)(=O)c2ccc(C)cc2)cc1. The standard InChI is InChI=1S/C36H49BrN2O6S2Si2/c1-25-13-18-28(19-14-25)46(40,41)38-31-22-17-27(44-48(9,10)35(3,4)5)23-30(31)32-24-33(45-49(11,12)36(6,7)8)34(37)39(32)47(42,43)29-20-15-26(2)16-21-29/h13-24,38H,1-12H3. The van der Waals surface area contributed by atoms with Crippen molar-refractivity contribution in [2.45, 2.75) is 101 Å². The Morgan fingerprint density at radius 2 is 1.14 bits per heavy atom. The number of rotatable bonds is 10. The molecule has 0 radical (unpaired) electrons. The molecule has 13 heteroatoms. The highest BCUT2D eigenvalue weighted by atomic mass is 79.9. The summed E-state index contributed by atoms with van der Waals surface area (Å²) in [5.41, 5.74) is 2.55. The van der Waals surface area contributed by atoms with Crippen molar-refractivity contribution in [1.29, 1.82) is 0 Å². The van der Waals surface area contributed by atoms with Crippen molar-refractivity contribution in [1.82, 2.24) is 3.97 Å². The molecule has 49 heavy (non-hydrogen) atoms. The maximum Gasteiger partial charge on any atom is 0.269 e. The second-order valence-electron chi connectivity index (χ2n) is 15.6. The molecular formula is C36H49BrN2O6S2Si2. The van der Waals surface area contributed by atoms with Gasteiger partial charge in [-0.15, -0.1) is 0 Å². The van der Waals surface area contributed by atoms with Gasteiger partial charge in [0, 0.05) is 11.6 Å². The lowest BCUT2D eigenvalue weighted by Gasteiger charge is -2.36. The van der Waals surface area contributed by atoms with Crippen LogP contribution in [0.25, 0.3) is 11.3 Å². The molecule has 0 aliphatic carbocycles. The second-order valence-corrected chi connectivity index (χ2v) is 29.3. The lowest BCUT2D eigenvalue weighted by Crippen LogP contribution is -2.43. The van der Waals surface area contributed by atoms with Crippen LogP contribution in [0.4, 0.5) is 5.69 Å². The van der Waals surface area contributed by atoms with Gasteiger partial charge in [-0.05, 0) is 109 Å². The first-order valence-electron chi connectivity index (χ1n) is 16.1. The summed E-state index contributed by atoms with van der Waals surface area (Å²) < 4.78 is 74.1. The molecule has 0 aliphatic heterocycles. The summed E-state index contributed by atoms with van der Waals surface area (Å²) in [6, 6.07) is 19.9. The third-order valence-electron chi connectivity index (χ3n) is 9.62. The molecule has 1 heterocycles. The minimum atomic E-state index is -4.23. The van der Waals surface area contributed by atoms with Crippen molar-refractivity contribution in [3.63, 3.8) is 0 Å². The Bertz CT molecular complexity index is 2060. The maximum absolute atomic E-state index is 14.6. The number of aryl methyl sites for hydroxylation is 2. The number of aromatic nitrogens is 1. The molecule has 4 rings (SSSR count). The Labute approximate surface area is 303 Å². The predicted molar refractivity (Wildman–Crippen MR) is 209 cm³/mol. The molecule has 0 amide bonds. The van der Waals surface area contributed by atoms with Crippen molar-refractivity contribution in [2.75, 3.05) is 4.72 Å². The zero-order valence-corrected chi connectivity index (χ0v) is 35.7. The summed E-state index contributed by atoms with van der Waals surface area (Å²) >= 11 is 3.61. The van der Waals surface area contributed by atoms with Crippen LogP contribution in [0.3, 0.4) is 0 Å². The average molecular weight is 806 g/mol. The van der Waals surface area contributed by atoms with Gasteiger partial charge in [0.05, 0.1) is 21.2 Å². The fourth-order valence-corrected chi connectivity index (χ4v) is 10.1. The van der Waals surface area contributed by atoms with Gasteiger partial charge in [-0.1, -0.05) is 76.9 Å². The van der Waals surface area contributed by atoms with Crippen LogP contribution in [0.5, 0.6) is 11.5 Å². The Kier molecular flexibility index (Phi) is 10.6. The van der Waals surface area contributed by atoms with Crippen LogP contribution in [-0.2, 0) is 20.0 Å². The van der Waals surface area contributed by atoms with Gasteiger partial charge in [0.25, 0.3) is 28.4 Å². The molecule has 1 aromatic heterocycles. The number of benzene rings is 3. The average Bonchev–Trinajstić information content (AvgIpc) is 3.28. The highest BCUT2D eigenvalue weighted by Gasteiger charge is 2.41. The molecule has 1 N–H and O–H groups in total. The molecule has 0 fully saturated rings. The van der Waals surface area contributed by atoms with E-state index in [1.165, 1.54) is 3.97 Å². The number of anilines is 1. The quantitative estimate of drug-likeness (QED) is 0.160. The molecule has 0 aliphatic rings. The minimum Gasteiger partial charge on any atom is -0.543 e. The highest BCUT2D eigenvalue weighted by molar-refractivity contribution is 9.10. The van der Waals surface area contributed by atoms with Gasteiger partial charge in [-0.3, -0.25) is 4.72 Å². The second kappa shape index (κ2) is 13.4. The van der Waals surface area contributed by atoms with Gasteiger partial charge >= 0.3 is 0 Å². The summed E-state index contributed by atoms with van der Waals surface area (Å²) in [5.74, 6) is 0.851. The Balaban J connectivity index is 2.05. The van der Waals surface area contributed by atoms with Crippen LogP contribution < -0.4 is 13.6 Å². The molecule has 0 saturated carbocycles. The third kappa shape index (κ3) is 8.22. The summed E-state index contributed by atoms with van der Waals surface area (Å²) in [5, 5.41) is -0.308. The van der Waals surface area contributed by atoms with E-state index in [4.69, 9.17) is 8.85 Å². The topological polar surface area (TPSA) is 104 Å². The molecule has 0 spiro atoms. The number of halogens is 1. The predicted octanol–water partition coefficient (Wildman–Crippen LogP) is 10.3. The Morgan fingerprint density at radius 3 is 1.63 bits per heavy atom. The molecule has 0 atom stereocenters. The zero-order chi connectivity index (χ0) is 37.0. The van der Waals surface area contributed by atoms with Gasteiger partial charge in [-0.2, -0.15) is 0 Å². The number of sulfonamides is 1. The van der Waals surface area contributed by atoms with Gasteiger partial charge in [-0.25, -0.2) is 20.8 Å². The monoisotopic (exact) mass is 804 g/mol. The Hall–Kier alpha value is -2.85. The van der Waals surface area contributed by atoms with Gasteiger partial charge < -0.3 is 8.85 Å². The lowest BCUT2D eigenvalue weighted by atomic mass is 10.1. The van der Waals surface area contributed by atoms with Crippen LogP contribution in [0.15, 0.2) is 87.2 Å². The van der Waals surface area contributed by atoms with E-state index >= 15 is 0 Å². The molecule has 4 aromatic rings. The van der Waals surface area contributed by atoms with Crippen molar-refractivity contribution < 1.29 is 25.7 Å².